The number of nitro benzene ring substituents is 1. The van der Waals surface area contributed by atoms with Crippen LogP contribution in [0.5, 0.6) is 0 Å². The summed E-state index contributed by atoms with van der Waals surface area (Å²) in [5, 5.41) is 19.7. The highest BCUT2D eigenvalue weighted by molar-refractivity contribution is 5.72. The molecular weight excluding hydrogens is 255 g/mol. The first-order valence-electron chi connectivity index (χ1n) is 5.81. The Kier molecular flexibility index (Phi) is 3.37. The molecule has 0 aromatic heterocycles. The second-order valence-corrected chi connectivity index (χ2v) is 4.75. The van der Waals surface area contributed by atoms with E-state index in [9.17, 15) is 19.3 Å². The van der Waals surface area contributed by atoms with Crippen molar-refractivity contribution in [2.45, 2.75) is 6.92 Å². The molecule has 0 saturated carbocycles. The third-order valence-corrected chi connectivity index (χ3v) is 3.37. The first-order chi connectivity index (χ1) is 8.88. The van der Waals surface area contributed by atoms with Crippen molar-refractivity contribution in [3.8, 4) is 0 Å². The molecule has 1 aromatic rings. The third kappa shape index (κ3) is 2.64. The summed E-state index contributed by atoms with van der Waals surface area (Å²) in [4.78, 5) is 22.7. The molecule has 2 atom stereocenters. The molecule has 1 fully saturated rings. The van der Waals surface area contributed by atoms with Crippen molar-refractivity contribution in [2.24, 2.45) is 11.8 Å². The van der Waals surface area contributed by atoms with Gasteiger partial charge in [-0.2, -0.15) is 0 Å². The van der Waals surface area contributed by atoms with Gasteiger partial charge in [-0.1, -0.05) is 6.92 Å². The van der Waals surface area contributed by atoms with Crippen LogP contribution in [0.3, 0.4) is 0 Å². The molecule has 1 saturated heterocycles. The Morgan fingerprint density at radius 3 is 2.68 bits per heavy atom. The summed E-state index contributed by atoms with van der Waals surface area (Å²) >= 11 is 0. The molecule has 1 aliphatic heterocycles. The summed E-state index contributed by atoms with van der Waals surface area (Å²) < 4.78 is 13.3. The Hall–Kier alpha value is -2.18. The van der Waals surface area contributed by atoms with E-state index in [1.165, 1.54) is 12.1 Å². The largest absolute Gasteiger partial charge is 0.481 e. The van der Waals surface area contributed by atoms with E-state index in [1.54, 1.807) is 11.8 Å². The second kappa shape index (κ2) is 4.83. The maximum atomic E-state index is 13.3. The van der Waals surface area contributed by atoms with Gasteiger partial charge in [0, 0.05) is 24.8 Å². The molecule has 0 spiro atoms. The smallest absolute Gasteiger partial charge is 0.308 e. The molecule has 0 amide bonds. The molecule has 0 bridgehead atoms. The second-order valence-electron chi connectivity index (χ2n) is 4.75. The van der Waals surface area contributed by atoms with E-state index in [1.807, 2.05) is 0 Å². The maximum Gasteiger partial charge on any atom is 0.308 e. The summed E-state index contributed by atoms with van der Waals surface area (Å²) in [5.74, 6) is -2.22. The number of halogens is 1. The Balaban J connectivity index is 2.28. The van der Waals surface area contributed by atoms with Gasteiger partial charge in [-0.3, -0.25) is 14.9 Å². The first-order valence-corrected chi connectivity index (χ1v) is 5.81. The van der Waals surface area contributed by atoms with Crippen molar-refractivity contribution in [1.29, 1.82) is 0 Å². The number of anilines is 1. The van der Waals surface area contributed by atoms with Gasteiger partial charge in [0.05, 0.1) is 16.9 Å². The van der Waals surface area contributed by atoms with Gasteiger partial charge < -0.3 is 10.0 Å². The topological polar surface area (TPSA) is 83.7 Å². The molecule has 0 radical (unpaired) electrons. The van der Waals surface area contributed by atoms with Gasteiger partial charge in [-0.25, -0.2) is 4.39 Å². The lowest BCUT2D eigenvalue weighted by atomic mass is 9.99. The lowest BCUT2D eigenvalue weighted by Gasteiger charge is -2.17. The number of nitro groups is 1. The number of carbonyl (C=O) groups is 1. The van der Waals surface area contributed by atoms with E-state index < -0.39 is 22.6 Å². The van der Waals surface area contributed by atoms with E-state index in [0.717, 1.165) is 6.07 Å². The highest BCUT2D eigenvalue weighted by Crippen LogP contribution is 2.31. The quantitative estimate of drug-likeness (QED) is 0.668. The predicted molar refractivity (Wildman–Crippen MR) is 65.6 cm³/mol. The zero-order valence-electron chi connectivity index (χ0n) is 10.2. The molecule has 1 aliphatic rings. The van der Waals surface area contributed by atoms with Crippen LogP contribution < -0.4 is 4.90 Å². The van der Waals surface area contributed by atoms with Gasteiger partial charge in [-0.05, 0) is 12.0 Å². The molecule has 1 N–H and O–H groups in total. The molecule has 1 heterocycles. The lowest BCUT2D eigenvalue weighted by molar-refractivity contribution is -0.385. The molecule has 0 aliphatic carbocycles. The van der Waals surface area contributed by atoms with Crippen LogP contribution >= 0.6 is 0 Å². The summed E-state index contributed by atoms with van der Waals surface area (Å²) in [6, 6.07) is 3.29. The Morgan fingerprint density at radius 1 is 1.47 bits per heavy atom. The molecule has 1 aromatic carbocycles. The highest BCUT2D eigenvalue weighted by atomic mass is 19.1. The van der Waals surface area contributed by atoms with Crippen LogP contribution in [-0.2, 0) is 4.79 Å². The van der Waals surface area contributed by atoms with Crippen LogP contribution in [0.15, 0.2) is 18.2 Å². The Labute approximate surface area is 108 Å². The number of nitrogens with zero attached hydrogens (tertiary/aromatic N) is 2. The zero-order chi connectivity index (χ0) is 14.2. The molecule has 102 valence electrons. The van der Waals surface area contributed by atoms with Crippen LogP contribution in [-0.4, -0.2) is 29.1 Å². The predicted octanol–water partition coefficient (Wildman–Crippen LogP) is 1.89. The number of rotatable bonds is 3. The van der Waals surface area contributed by atoms with Crippen LogP contribution in [0.4, 0.5) is 15.8 Å². The Morgan fingerprint density at radius 2 is 2.16 bits per heavy atom. The summed E-state index contributed by atoms with van der Waals surface area (Å²) in [6.07, 6.45) is 0. The number of aliphatic carboxylic acids is 1. The van der Waals surface area contributed by atoms with Crippen LogP contribution in [0.25, 0.3) is 0 Å². The normalized spacial score (nSPS) is 22.5. The van der Waals surface area contributed by atoms with E-state index >= 15 is 0 Å². The minimum atomic E-state index is -0.902. The molecule has 2 rings (SSSR count). The summed E-state index contributed by atoms with van der Waals surface area (Å²) in [5.41, 5.74) is 0.0173. The molecule has 6 nitrogen and oxygen atoms in total. The molecular formula is C12H13FN2O4. The fourth-order valence-corrected chi connectivity index (χ4v) is 2.35. The van der Waals surface area contributed by atoms with Crippen LogP contribution in [0.1, 0.15) is 6.92 Å². The average Bonchev–Trinajstić information content (AvgIpc) is 2.70. The van der Waals surface area contributed by atoms with Gasteiger partial charge in [0.1, 0.15) is 5.82 Å². The molecule has 7 heteroatoms. The number of benzene rings is 1. The van der Waals surface area contributed by atoms with Gasteiger partial charge in [0.25, 0.3) is 5.69 Å². The van der Waals surface area contributed by atoms with E-state index in [0.29, 0.717) is 12.2 Å². The van der Waals surface area contributed by atoms with E-state index in [2.05, 4.69) is 0 Å². The van der Waals surface area contributed by atoms with Crippen molar-refractivity contribution in [2.75, 3.05) is 18.0 Å². The number of hydrogen-bond donors (Lipinski definition) is 1. The van der Waals surface area contributed by atoms with Gasteiger partial charge in [-0.15, -0.1) is 0 Å². The fraction of sp³-hybridized carbons (Fsp3) is 0.417. The van der Waals surface area contributed by atoms with Crippen molar-refractivity contribution < 1.29 is 19.2 Å². The van der Waals surface area contributed by atoms with Crippen LogP contribution in [0.2, 0.25) is 0 Å². The SMILES string of the molecule is CC1CN(c2cc(F)cc([N+](=O)[O-])c2)CC1C(=O)O. The van der Waals surface area contributed by atoms with E-state index in [-0.39, 0.29) is 18.2 Å². The van der Waals surface area contributed by atoms with E-state index in [4.69, 9.17) is 5.11 Å². The average molecular weight is 268 g/mol. The van der Waals surface area contributed by atoms with Gasteiger partial charge >= 0.3 is 5.97 Å². The monoisotopic (exact) mass is 268 g/mol. The Bertz CT molecular complexity index is 534. The molecule has 19 heavy (non-hydrogen) atoms. The van der Waals surface area contributed by atoms with Crippen molar-refractivity contribution in [3.05, 3.63) is 34.1 Å². The van der Waals surface area contributed by atoms with Crippen molar-refractivity contribution >= 4 is 17.3 Å². The van der Waals surface area contributed by atoms with Crippen molar-refractivity contribution in [1.82, 2.24) is 0 Å². The van der Waals surface area contributed by atoms with Crippen molar-refractivity contribution in [3.63, 3.8) is 0 Å². The minimum absolute atomic E-state index is 0.0835. The van der Waals surface area contributed by atoms with Crippen LogP contribution in [0, 0.1) is 27.8 Å². The number of hydrogen-bond acceptors (Lipinski definition) is 4. The highest BCUT2D eigenvalue weighted by Gasteiger charge is 2.35. The zero-order valence-corrected chi connectivity index (χ0v) is 10.2. The van der Waals surface area contributed by atoms with Gasteiger partial charge in [0.15, 0.2) is 0 Å². The summed E-state index contributed by atoms with van der Waals surface area (Å²) in [7, 11) is 0. The first kappa shape index (κ1) is 13.3. The standard InChI is InChI=1S/C12H13FN2O4/c1-7-5-14(6-11(7)12(16)17)9-2-8(13)3-10(4-9)15(18)19/h2-4,7,11H,5-6H2,1H3,(H,16,17). The lowest BCUT2D eigenvalue weighted by Crippen LogP contribution is -2.23. The number of carboxylic acids is 1. The summed E-state index contributed by atoms with van der Waals surface area (Å²) in [6.45, 7) is 2.47. The third-order valence-electron chi connectivity index (χ3n) is 3.37. The fourth-order valence-electron chi connectivity index (χ4n) is 2.35. The maximum absolute atomic E-state index is 13.3. The number of non-ortho nitro benzene ring substituents is 1. The minimum Gasteiger partial charge on any atom is -0.481 e. The molecule has 2 unspecified atom stereocenters. The number of carboxylic acid groups (broad SMARTS) is 1. The van der Waals surface area contributed by atoms with Gasteiger partial charge in [0.2, 0.25) is 0 Å².